The highest BCUT2D eigenvalue weighted by Gasteiger charge is 2.15. The summed E-state index contributed by atoms with van der Waals surface area (Å²) >= 11 is 0. The third-order valence-corrected chi connectivity index (χ3v) is 3.48. The molecule has 2 aromatic carbocycles. The molecular formula is C18H21F2N. The van der Waals surface area contributed by atoms with Gasteiger partial charge in [0.15, 0.2) is 0 Å². The summed E-state index contributed by atoms with van der Waals surface area (Å²) in [6.07, 6.45) is 2.14. The topological polar surface area (TPSA) is 12.0 Å². The van der Waals surface area contributed by atoms with E-state index in [9.17, 15) is 8.78 Å². The Hall–Kier alpha value is -1.74. The van der Waals surface area contributed by atoms with Crippen molar-refractivity contribution in [1.29, 1.82) is 0 Å². The zero-order chi connectivity index (χ0) is 15.2. The lowest BCUT2D eigenvalue weighted by molar-refractivity contribution is 0.565. The van der Waals surface area contributed by atoms with Crippen LogP contribution in [-0.2, 0) is 6.42 Å². The van der Waals surface area contributed by atoms with Crippen LogP contribution in [0.1, 0.15) is 43.0 Å². The molecule has 0 aliphatic heterocycles. The van der Waals surface area contributed by atoms with Crippen molar-refractivity contribution >= 4 is 0 Å². The quantitative estimate of drug-likeness (QED) is 0.818. The Balaban J connectivity index is 2.33. The van der Waals surface area contributed by atoms with Crippen molar-refractivity contribution in [1.82, 2.24) is 5.32 Å². The van der Waals surface area contributed by atoms with E-state index in [1.165, 1.54) is 17.7 Å². The van der Waals surface area contributed by atoms with Crippen LogP contribution in [0.4, 0.5) is 8.78 Å². The smallest absolute Gasteiger partial charge is 0.126 e. The van der Waals surface area contributed by atoms with E-state index in [2.05, 4.69) is 24.4 Å². The fourth-order valence-electron chi connectivity index (χ4n) is 2.54. The van der Waals surface area contributed by atoms with Gasteiger partial charge in [0, 0.05) is 6.07 Å². The van der Waals surface area contributed by atoms with Crippen LogP contribution in [0.2, 0.25) is 0 Å². The Morgan fingerprint density at radius 3 is 2.05 bits per heavy atom. The van der Waals surface area contributed by atoms with Crippen LogP contribution >= 0.6 is 0 Å². The maximum Gasteiger partial charge on any atom is 0.126 e. The van der Waals surface area contributed by atoms with Gasteiger partial charge in [0.25, 0.3) is 0 Å². The first kappa shape index (κ1) is 15.6. The standard InChI is InChI=1S/C18H21F2N/c1-3-5-13-6-8-14(9-7-13)18(21-4-2)15-10-16(19)12-17(20)11-15/h6-12,18,21H,3-5H2,1-2H3. The van der Waals surface area contributed by atoms with Crippen molar-refractivity contribution in [2.24, 2.45) is 0 Å². The molecule has 0 heterocycles. The second kappa shape index (κ2) is 7.32. The van der Waals surface area contributed by atoms with E-state index in [4.69, 9.17) is 0 Å². The van der Waals surface area contributed by atoms with Crippen molar-refractivity contribution in [3.63, 3.8) is 0 Å². The number of nitrogens with one attached hydrogen (secondary N) is 1. The van der Waals surface area contributed by atoms with Crippen LogP contribution in [0.5, 0.6) is 0 Å². The Morgan fingerprint density at radius 2 is 1.52 bits per heavy atom. The molecular weight excluding hydrogens is 268 g/mol. The van der Waals surface area contributed by atoms with E-state index in [1.54, 1.807) is 0 Å². The Kier molecular flexibility index (Phi) is 5.45. The summed E-state index contributed by atoms with van der Waals surface area (Å²) in [5.41, 5.74) is 2.90. The molecule has 3 heteroatoms. The van der Waals surface area contributed by atoms with Gasteiger partial charge in [-0.3, -0.25) is 0 Å². The monoisotopic (exact) mass is 289 g/mol. The van der Waals surface area contributed by atoms with Crippen LogP contribution in [-0.4, -0.2) is 6.54 Å². The number of hydrogen-bond acceptors (Lipinski definition) is 1. The van der Waals surface area contributed by atoms with Gasteiger partial charge in [-0.15, -0.1) is 0 Å². The minimum atomic E-state index is -0.546. The summed E-state index contributed by atoms with van der Waals surface area (Å²) in [7, 11) is 0. The number of benzene rings is 2. The van der Waals surface area contributed by atoms with Crippen molar-refractivity contribution < 1.29 is 8.78 Å². The molecule has 0 aromatic heterocycles. The average molecular weight is 289 g/mol. The van der Waals surface area contributed by atoms with Crippen molar-refractivity contribution in [2.45, 2.75) is 32.7 Å². The maximum absolute atomic E-state index is 13.4. The summed E-state index contributed by atoms with van der Waals surface area (Å²) in [5.74, 6) is -1.09. The molecule has 0 aliphatic carbocycles. The van der Waals surface area contributed by atoms with Crippen LogP contribution in [0.3, 0.4) is 0 Å². The van der Waals surface area contributed by atoms with Crippen molar-refractivity contribution in [3.05, 3.63) is 70.8 Å². The SMILES string of the molecule is CCCc1ccc(C(NCC)c2cc(F)cc(F)c2)cc1. The fraction of sp³-hybridized carbons (Fsp3) is 0.333. The Bertz CT molecular complexity index is 558. The molecule has 0 saturated carbocycles. The molecule has 0 spiro atoms. The maximum atomic E-state index is 13.4. The molecule has 1 N–H and O–H groups in total. The van der Waals surface area contributed by atoms with Crippen LogP contribution in [0.15, 0.2) is 42.5 Å². The van der Waals surface area contributed by atoms with E-state index in [0.717, 1.165) is 31.0 Å². The van der Waals surface area contributed by atoms with Gasteiger partial charge >= 0.3 is 0 Å². The van der Waals surface area contributed by atoms with Gasteiger partial charge in [-0.1, -0.05) is 44.5 Å². The molecule has 2 aromatic rings. The highest BCUT2D eigenvalue weighted by Crippen LogP contribution is 2.24. The highest BCUT2D eigenvalue weighted by atomic mass is 19.1. The van der Waals surface area contributed by atoms with E-state index in [0.29, 0.717) is 5.56 Å². The Morgan fingerprint density at radius 1 is 0.905 bits per heavy atom. The Labute approximate surface area is 125 Å². The lowest BCUT2D eigenvalue weighted by atomic mass is 9.96. The van der Waals surface area contributed by atoms with Gasteiger partial charge in [0.1, 0.15) is 11.6 Å². The first-order chi connectivity index (χ1) is 10.1. The van der Waals surface area contributed by atoms with Crippen LogP contribution in [0.25, 0.3) is 0 Å². The third kappa shape index (κ3) is 4.11. The van der Waals surface area contributed by atoms with E-state index in [-0.39, 0.29) is 6.04 Å². The van der Waals surface area contributed by atoms with Gasteiger partial charge in [-0.2, -0.15) is 0 Å². The van der Waals surface area contributed by atoms with Gasteiger partial charge in [0.2, 0.25) is 0 Å². The molecule has 1 unspecified atom stereocenters. The van der Waals surface area contributed by atoms with Gasteiger partial charge in [-0.25, -0.2) is 8.78 Å². The first-order valence-electron chi connectivity index (χ1n) is 7.42. The first-order valence-corrected chi connectivity index (χ1v) is 7.42. The van der Waals surface area contributed by atoms with Crippen LogP contribution in [0, 0.1) is 11.6 Å². The summed E-state index contributed by atoms with van der Waals surface area (Å²) in [5, 5.41) is 3.29. The zero-order valence-corrected chi connectivity index (χ0v) is 12.5. The lowest BCUT2D eigenvalue weighted by Crippen LogP contribution is -2.22. The molecule has 21 heavy (non-hydrogen) atoms. The predicted molar refractivity (Wildman–Crippen MR) is 82.3 cm³/mol. The van der Waals surface area contributed by atoms with Crippen molar-refractivity contribution in [3.8, 4) is 0 Å². The molecule has 1 atom stereocenters. The molecule has 0 fully saturated rings. The predicted octanol–water partition coefficient (Wildman–Crippen LogP) is 4.62. The molecule has 112 valence electrons. The third-order valence-electron chi connectivity index (χ3n) is 3.48. The van der Waals surface area contributed by atoms with E-state index >= 15 is 0 Å². The van der Waals surface area contributed by atoms with Crippen LogP contribution < -0.4 is 5.32 Å². The summed E-state index contributed by atoms with van der Waals surface area (Å²) < 4.78 is 26.9. The molecule has 0 bridgehead atoms. The second-order valence-corrected chi connectivity index (χ2v) is 5.19. The fourth-order valence-corrected chi connectivity index (χ4v) is 2.54. The number of halogens is 2. The van der Waals surface area contributed by atoms with Gasteiger partial charge < -0.3 is 5.32 Å². The minimum absolute atomic E-state index is 0.198. The van der Waals surface area contributed by atoms with Gasteiger partial charge in [-0.05, 0) is 41.8 Å². The molecule has 0 saturated heterocycles. The molecule has 0 radical (unpaired) electrons. The number of hydrogen-bond donors (Lipinski definition) is 1. The van der Waals surface area contributed by atoms with Crippen molar-refractivity contribution in [2.75, 3.05) is 6.54 Å². The second-order valence-electron chi connectivity index (χ2n) is 5.19. The minimum Gasteiger partial charge on any atom is -0.307 e. The normalized spacial score (nSPS) is 12.4. The number of rotatable bonds is 6. The summed E-state index contributed by atoms with van der Waals surface area (Å²) in [4.78, 5) is 0. The molecule has 0 amide bonds. The summed E-state index contributed by atoms with van der Waals surface area (Å²) in [6.45, 7) is 4.85. The zero-order valence-electron chi connectivity index (χ0n) is 12.5. The summed E-state index contributed by atoms with van der Waals surface area (Å²) in [6, 6.07) is 11.7. The molecule has 2 rings (SSSR count). The largest absolute Gasteiger partial charge is 0.307 e. The van der Waals surface area contributed by atoms with Gasteiger partial charge in [0.05, 0.1) is 6.04 Å². The highest BCUT2D eigenvalue weighted by molar-refractivity contribution is 5.34. The average Bonchev–Trinajstić information content (AvgIpc) is 2.45. The van der Waals surface area contributed by atoms with E-state index in [1.807, 2.05) is 19.1 Å². The molecule has 1 nitrogen and oxygen atoms in total. The number of aryl methyl sites for hydroxylation is 1. The molecule has 0 aliphatic rings. The lowest BCUT2D eigenvalue weighted by Gasteiger charge is -2.19. The van der Waals surface area contributed by atoms with E-state index < -0.39 is 11.6 Å².